The molecule has 1 fully saturated rings. The van der Waals surface area contributed by atoms with Crippen molar-refractivity contribution in [3.05, 3.63) is 0 Å². The summed E-state index contributed by atoms with van der Waals surface area (Å²) in [6, 6.07) is -0.804. The largest absolute Gasteiger partial charge is 0.480 e. The van der Waals surface area contributed by atoms with E-state index in [0.717, 1.165) is 25.7 Å². The Morgan fingerprint density at radius 2 is 1.89 bits per heavy atom. The highest BCUT2D eigenvalue weighted by Crippen LogP contribution is 2.37. The minimum absolute atomic E-state index is 0.185. The molecule has 18 heavy (non-hydrogen) atoms. The van der Waals surface area contributed by atoms with Gasteiger partial charge < -0.3 is 16.2 Å². The van der Waals surface area contributed by atoms with Crippen LogP contribution in [-0.2, 0) is 9.59 Å². The number of carboxylic acid groups (broad SMARTS) is 1. The maximum atomic E-state index is 12.2. The Labute approximate surface area is 108 Å². The Bertz CT molecular complexity index is 309. The summed E-state index contributed by atoms with van der Waals surface area (Å²) in [5, 5.41) is 11.8. The first-order valence-corrected chi connectivity index (χ1v) is 6.65. The van der Waals surface area contributed by atoms with Crippen LogP contribution < -0.4 is 11.1 Å². The van der Waals surface area contributed by atoms with Crippen LogP contribution >= 0.6 is 0 Å². The van der Waals surface area contributed by atoms with Gasteiger partial charge in [0.2, 0.25) is 5.91 Å². The minimum Gasteiger partial charge on any atom is -0.480 e. The van der Waals surface area contributed by atoms with Gasteiger partial charge in [0.1, 0.15) is 6.04 Å². The SMILES string of the molecule is CC(C)CC(NC(=O)C1(CN)CCCC1)C(=O)O. The Morgan fingerprint density at radius 3 is 2.28 bits per heavy atom. The van der Waals surface area contributed by atoms with E-state index in [-0.39, 0.29) is 11.8 Å². The van der Waals surface area contributed by atoms with Crippen molar-refractivity contribution in [2.24, 2.45) is 17.1 Å². The van der Waals surface area contributed by atoms with Crippen molar-refractivity contribution in [1.29, 1.82) is 0 Å². The van der Waals surface area contributed by atoms with Crippen LogP contribution in [-0.4, -0.2) is 29.6 Å². The Balaban J connectivity index is 2.68. The van der Waals surface area contributed by atoms with E-state index in [0.29, 0.717) is 13.0 Å². The molecule has 1 aliphatic rings. The van der Waals surface area contributed by atoms with Crippen molar-refractivity contribution in [3.8, 4) is 0 Å². The Morgan fingerprint density at radius 1 is 1.33 bits per heavy atom. The van der Waals surface area contributed by atoms with Crippen molar-refractivity contribution < 1.29 is 14.7 Å². The summed E-state index contributed by atoms with van der Waals surface area (Å²) in [4.78, 5) is 23.4. The first-order valence-electron chi connectivity index (χ1n) is 6.65. The number of rotatable bonds is 6. The fraction of sp³-hybridized carbons (Fsp3) is 0.846. The molecule has 104 valence electrons. The van der Waals surface area contributed by atoms with Crippen LogP contribution in [0.4, 0.5) is 0 Å². The number of carboxylic acids is 1. The zero-order valence-electron chi connectivity index (χ0n) is 11.2. The highest BCUT2D eigenvalue weighted by atomic mass is 16.4. The number of carbonyl (C=O) groups is 2. The standard InChI is InChI=1S/C13H24N2O3/c1-9(2)7-10(11(16)17)15-12(18)13(8-14)5-3-4-6-13/h9-10H,3-8,14H2,1-2H3,(H,15,18)(H,16,17). The molecule has 0 aromatic carbocycles. The summed E-state index contributed by atoms with van der Waals surface area (Å²) in [5.41, 5.74) is 5.18. The molecule has 0 aromatic rings. The molecule has 1 aliphatic carbocycles. The van der Waals surface area contributed by atoms with Gasteiger partial charge in [0.25, 0.3) is 0 Å². The maximum absolute atomic E-state index is 12.2. The van der Waals surface area contributed by atoms with Gasteiger partial charge in [0.15, 0.2) is 0 Å². The van der Waals surface area contributed by atoms with Gasteiger partial charge in [0, 0.05) is 6.54 Å². The van der Waals surface area contributed by atoms with Gasteiger partial charge in [-0.05, 0) is 25.2 Å². The van der Waals surface area contributed by atoms with E-state index in [1.54, 1.807) is 0 Å². The molecule has 0 aliphatic heterocycles. The highest BCUT2D eigenvalue weighted by molar-refractivity contribution is 5.87. The smallest absolute Gasteiger partial charge is 0.326 e. The van der Waals surface area contributed by atoms with Crippen LogP contribution in [0.1, 0.15) is 46.0 Å². The average Bonchev–Trinajstić information content (AvgIpc) is 2.77. The van der Waals surface area contributed by atoms with Crippen LogP contribution in [0.15, 0.2) is 0 Å². The highest BCUT2D eigenvalue weighted by Gasteiger charge is 2.41. The van der Waals surface area contributed by atoms with Gasteiger partial charge in [-0.3, -0.25) is 4.79 Å². The van der Waals surface area contributed by atoms with Gasteiger partial charge in [-0.1, -0.05) is 26.7 Å². The van der Waals surface area contributed by atoms with E-state index < -0.39 is 17.4 Å². The number of carbonyl (C=O) groups excluding carboxylic acids is 1. The summed E-state index contributed by atoms with van der Waals surface area (Å²) in [7, 11) is 0. The molecule has 4 N–H and O–H groups in total. The van der Waals surface area contributed by atoms with Crippen LogP contribution in [0, 0.1) is 11.3 Å². The normalized spacial score (nSPS) is 19.8. The maximum Gasteiger partial charge on any atom is 0.326 e. The summed E-state index contributed by atoms with van der Waals surface area (Å²) >= 11 is 0. The molecule has 0 spiro atoms. The zero-order chi connectivity index (χ0) is 13.8. The quantitative estimate of drug-likeness (QED) is 0.664. The Hall–Kier alpha value is -1.10. The molecule has 0 radical (unpaired) electrons. The monoisotopic (exact) mass is 256 g/mol. The number of amides is 1. The van der Waals surface area contributed by atoms with Crippen LogP contribution in [0.3, 0.4) is 0 Å². The summed E-state index contributed by atoms with van der Waals surface area (Å²) in [6.45, 7) is 4.18. The van der Waals surface area contributed by atoms with Crippen molar-refractivity contribution in [3.63, 3.8) is 0 Å². The molecule has 0 bridgehead atoms. The predicted molar refractivity (Wildman–Crippen MR) is 69.0 cm³/mol. The zero-order valence-corrected chi connectivity index (χ0v) is 11.2. The molecule has 5 heteroatoms. The number of nitrogens with one attached hydrogen (secondary N) is 1. The second-order valence-electron chi connectivity index (χ2n) is 5.69. The molecular formula is C13H24N2O3. The lowest BCUT2D eigenvalue weighted by molar-refractivity contribution is -0.144. The van der Waals surface area contributed by atoms with E-state index in [1.807, 2.05) is 13.8 Å². The number of hydrogen-bond donors (Lipinski definition) is 3. The predicted octanol–water partition coefficient (Wildman–Crippen LogP) is 1.12. The van der Waals surface area contributed by atoms with Gasteiger partial charge in [-0.2, -0.15) is 0 Å². The second kappa shape index (κ2) is 6.18. The first-order chi connectivity index (χ1) is 8.41. The van der Waals surface area contributed by atoms with E-state index in [2.05, 4.69) is 5.32 Å². The molecule has 0 heterocycles. The molecule has 1 rings (SSSR count). The lowest BCUT2D eigenvalue weighted by atomic mass is 9.85. The molecule has 1 saturated carbocycles. The number of aliphatic carboxylic acids is 1. The third kappa shape index (κ3) is 3.45. The molecule has 1 unspecified atom stereocenters. The Kier molecular flexibility index (Phi) is 5.14. The van der Waals surface area contributed by atoms with Gasteiger partial charge in [0.05, 0.1) is 5.41 Å². The van der Waals surface area contributed by atoms with Crippen LogP contribution in [0.5, 0.6) is 0 Å². The van der Waals surface area contributed by atoms with E-state index in [9.17, 15) is 9.59 Å². The molecule has 5 nitrogen and oxygen atoms in total. The van der Waals surface area contributed by atoms with Crippen molar-refractivity contribution in [2.45, 2.75) is 52.0 Å². The molecule has 1 atom stereocenters. The lowest BCUT2D eigenvalue weighted by Crippen LogP contribution is -2.50. The van der Waals surface area contributed by atoms with Gasteiger partial charge >= 0.3 is 5.97 Å². The van der Waals surface area contributed by atoms with Crippen LogP contribution in [0.25, 0.3) is 0 Å². The lowest BCUT2D eigenvalue weighted by Gasteiger charge is -2.28. The number of hydrogen-bond acceptors (Lipinski definition) is 3. The van der Waals surface area contributed by atoms with E-state index in [4.69, 9.17) is 10.8 Å². The third-order valence-electron chi connectivity index (χ3n) is 3.74. The van der Waals surface area contributed by atoms with E-state index >= 15 is 0 Å². The van der Waals surface area contributed by atoms with Gasteiger partial charge in [-0.25, -0.2) is 4.79 Å². The third-order valence-corrected chi connectivity index (χ3v) is 3.74. The average molecular weight is 256 g/mol. The summed E-state index contributed by atoms with van der Waals surface area (Å²) in [6.07, 6.45) is 3.97. The number of nitrogens with two attached hydrogens (primary N) is 1. The minimum atomic E-state index is -0.970. The topological polar surface area (TPSA) is 92.4 Å². The first kappa shape index (κ1) is 15.0. The van der Waals surface area contributed by atoms with Gasteiger partial charge in [-0.15, -0.1) is 0 Å². The van der Waals surface area contributed by atoms with Crippen LogP contribution in [0.2, 0.25) is 0 Å². The summed E-state index contributed by atoms with van der Waals surface area (Å²) < 4.78 is 0. The van der Waals surface area contributed by atoms with Crippen molar-refractivity contribution in [1.82, 2.24) is 5.32 Å². The fourth-order valence-corrected chi connectivity index (χ4v) is 2.58. The fourth-order valence-electron chi connectivity index (χ4n) is 2.58. The molecule has 1 amide bonds. The molecule has 0 aromatic heterocycles. The van der Waals surface area contributed by atoms with Crippen molar-refractivity contribution >= 4 is 11.9 Å². The van der Waals surface area contributed by atoms with Crippen molar-refractivity contribution in [2.75, 3.05) is 6.54 Å². The molecule has 0 saturated heterocycles. The molecular weight excluding hydrogens is 232 g/mol. The summed E-state index contributed by atoms with van der Waals surface area (Å²) in [5.74, 6) is -0.929. The second-order valence-corrected chi connectivity index (χ2v) is 5.69. The van der Waals surface area contributed by atoms with E-state index in [1.165, 1.54) is 0 Å².